The molecule has 0 spiro atoms. The monoisotopic (exact) mass is 287 g/mol. The number of halogens is 1. The predicted octanol–water partition coefficient (Wildman–Crippen LogP) is 1.07. The molecule has 0 radical (unpaired) electrons. The molecule has 1 aromatic carbocycles. The van der Waals surface area contributed by atoms with E-state index in [1.807, 2.05) is 0 Å². The Balaban J connectivity index is 2.39. The number of hydrogen-bond acceptors (Lipinski definition) is 4. The summed E-state index contributed by atoms with van der Waals surface area (Å²) in [6.45, 7) is 1.72. The van der Waals surface area contributed by atoms with E-state index in [2.05, 4.69) is 0 Å². The van der Waals surface area contributed by atoms with Gasteiger partial charge in [-0.25, -0.2) is 12.8 Å². The Kier molecular flexibility index (Phi) is 3.68. The number of methoxy groups -OCH3 is 1. The van der Waals surface area contributed by atoms with Crippen LogP contribution in [-0.2, 0) is 14.6 Å². The SMILES string of the molecule is CCS(=O)(=O)C1C(c2cccc(F)c2)C1(N)COC. The Morgan fingerprint density at radius 1 is 1.47 bits per heavy atom. The second kappa shape index (κ2) is 4.85. The van der Waals surface area contributed by atoms with Crippen LogP contribution in [0.1, 0.15) is 18.4 Å². The molecular formula is C13H18FNO3S. The van der Waals surface area contributed by atoms with Crippen molar-refractivity contribution in [2.75, 3.05) is 19.5 Å². The van der Waals surface area contributed by atoms with Crippen LogP contribution in [0.3, 0.4) is 0 Å². The van der Waals surface area contributed by atoms with Gasteiger partial charge in [0.2, 0.25) is 0 Å². The highest BCUT2D eigenvalue weighted by Crippen LogP contribution is 2.54. The van der Waals surface area contributed by atoms with Crippen LogP contribution in [-0.4, -0.2) is 38.7 Å². The highest BCUT2D eigenvalue weighted by Gasteiger charge is 2.68. The second-order valence-corrected chi connectivity index (χ2v) is 7.36. The molecule has 3 atom stereocenters. The van der Waals surface area contributed by atoms with E-state index in [0.29, 0.717) is 5.56 Å². The van der Waals surface area contributed by atoms with Gasteiger partial charge in [0.1, 0.15) is 5.82 Å². The van der Waals surface area contributed by atoms with Gasteiger partial charge in [-0.05, 0) is 17.7 Å². The summed E-state index contributed by atoms with van der Waals surface area (Å²) in [6.07, 6.45) is 0. The lowest BCUT2D eigenvalue weighted by Gasteiger charge is -2.10. The highest BCUT2D eigenvalue weighted by atomic mass is 32.2. The summed E-state index contributed by atoms with van der Waals surface area (Å²) in [6, 6.07) is 5.93. The fraction of sp³-hybridized carbons (Fsp3) is 0.538. The van der Waals surface area contributed by atoms with Gasteiger partial charge in [-0.15, -0.1) is 0 Å². The molecule has 3 unspecified atom stereocenters. The molecule has 0 amide bonds. The van der Waals surface area contributed by atoms with Crippen LogP contribution >= 0.6 is 0 Å². The maximum atomic E-state index is 13.3. The fourth-order valence-corrected chi connectivity index (χ4v) is 4.74. The molecule has 0 aliphatic heterocycles. The first-order chi connectivity index (χ1) is 8.86. The van der Waals surface area contributed by atoms with Crippen LogP contribution in [0.15, 0.2) is 24.3 Å². The minimum atomic E-state index is -3.29. The van der Waals surface area contributed by atoms with E-state index < -0.39 is 32.4 Å². The number of ether oxygens (including phenoxy) is 1. The molecule has 1 aliphatic carbocycles. The van der Waals surface area contributed by atoms with Gasteiger partial charge in [0.15, 0.2) is 9.84 Å². The third-order valence-corrected chi connectivity index (χ3v) is 5.98. The zero-order valence-corrected chi connectivity index (χ0v) is 11.8. The van der Waals surface area contributed by atoms with Gasteiger partial charge >= 0.3 is 0 Å². The summed E-state index contributed by atoms with van der Waals surface area (Å²) in [7, 11) is -1.82. The third kappa shape index (κ3) is 2.40. The minimum absolute atomic E-state index is 0.0200. The first-order valence-corrected chi connectivity index (χ1v) is 7.83. The summed E-state index contributed by atoms with van der Waals surface area (Å²) in [5.74, 6) is -0.781. The number of hydrogen-bond donors (Lipinski definition) is 1. The van der Waals surface area contributed by atoms with Crippen LogP contribution in [0, 0.1) is 5.82 Å². The molecule has 1 fully saturated rings. The molecule has 1 aromatic rings. The Labute approximate surface area is 112 Å². The van der Waals surface area contributed by atoms with E-state index in [4.69, 9.17) is 10.5 Å². The standard InChI is InChI=1S/C13H18FNO3S/c1-3-19(16,17)12-11(13(12,15)8-18-2)9-5-4-6-10(14)7-9/h4-7,11-12H,3,8,15H2,1-2H3. The molecule has 0 saturated heterocycles. The van der Waals surface area contributed by atoms with E-state index in [1.54, 1.807) is 19.1 Å². The average Bonchev–Trinajstić information content (AvgIpc) is 2.96. The van der Waals surface area contributed by atoms with Gasteiger partial charge in [0, 0.05) is 18.8 Å². The molecule has 0 bridgehead atoms. The molecular weight excluding hydrogens is 269 g/mol. The molecule has 4 nitrogen and oxygen atoms in total. The van der Waals surface area contributed by atoms with Gasteiger partial charge < -0.3 is 10.5 Å². The lowest BCUT2D eigenvalue weighted by Crippen LogP contribution is -2.36. The highest BCUT2D eigenvalue weighted by molar-refractivity contribution is 7.92. The Morgan fingerprint density at radius 3 is 2.68 bits per heavy atom. The maximum Gasteiger partial charge on any atom is 0.155 e. The molecule has 19 heavy (non-hydrogen) atoms. The first kappa shape index (κ1) is 14.4. The quantitative estimate of drug-likeness (QED) is 0.879. The van der Waals surface area contributed by atoms with Crippen LogP contribution in [0.4, 0.5) is 4.39 Å². The normalized spacial score (nSPS) is 30.3. The smallest absolute Gasteiger partial charge is 0.155 e. The topological polar surface area (TPSA) is 69.4 Å². The van der Waals surface area contributed by atoms with Gasteiger partial charge in [0.25, 0.3) is 0 Å². The van der Waals surface area contributed by atoms with E-state index in [9.17, 15) is 12.8 Å². The van der Waals surface area contributed by atoms with Gasteiger partial charge in [-0.3, -0.25) is 0 Å². The zero-order chi connectivity index (χ0) is 14.3. The number of sulfone groups is 1. The largest absolute Gasteiger partial charge is 0.383 e. The molecule has 2 N–H and O–H groups in total. The van der Waals surface area contributed by atoms with Crippen molar-refractivity contribution < 1.29 is 17.5 Å². The van der Waals surface area contributed by atoms with Crippen LogP contribution in [0.2, 0.25) is 0 Å². The summed E-state index contributed by atoms with van der Waals surface area (Å²) >= 11 is 0. The van der Waals surface area contributed by atoms with Crippen LogP contribution in [0.5, 0.6) is 0 Å². The number of rotatable bonds is 5. The van der Waals surface area contributed by atoms with E-state index in [1.165, 1.54) is 19.2 Å². The Hall–Kier alpha value is -0.980. The molecule has 2 rings (SSSR count). The van der Waals surface area contributed by atoms with Crippen LogP contribution < -0.4 is 5.73 Å². The van der Waals surface area contributed by atoms with E-state index >= 15 is 0 Å². The molecule has 1 aliphatic rings. The van der Waals surface area contributed by atoms with E-state index in [-0.39, 0.29) is 12.4 Å². The lowest BCUT2D eigenvalue weighted by molar-refractivity contribution is 0.171. The van der Waals surface area contributed by atoms with E-state index in [0.717, 1.165) is 0 Å². The Morgan fingerprint density at radius 2 is 2.16 bits per heavy atom. The van der Waals surface area contributed by atoms with Crippen molar-refractivity contribution in [1.29, 1.82) is 0 Å². The van der Waals surface area contributed by atoms with Crippen molar-refractivity contribution in [3.63, 3.8) is 0 Å². The van der Waals surface area contributed by atoms with Gasteiger partial charge in [-0.1, -0.05) is 19.1 Å². The van der Waals surface area contributed by atoms with Crippen molar-refractivity contribution in [1.82, 2.24) is 0 Å². The van der Waals surface area contributed by atoms with Gasteiger partial charge in [-0.2, -0.15) is 0 Å². The van der Waals surface area contributed by atoms with Crippen molar-refractivity contribution in [3.05, 3.63) is 35.6 Å². The average molecular weight is 287 g/mol. The zero-order valence-electron chi connectivity index (χ0n) is 11.0. The fourth-order valence-electron chi connectivity index (χ4n) is 2.75. The number of benzene rings is 1. The van der Waals surface area contributed by atoms with Crippen molar-refractivity contribution in [3.8, 4) is 0 Å². The third-order valence-electron chi connectivity index (χ3n) is 3.69. The summed E-state index contributed by atoms with van der Waals surface area (Å²) < 4.78 is 42.5. The van der Waals surface area contributed by atoms with Crippen molar-refractivity contribution >= 4 is 9.84 Å². The summed E-state index contributed by atoms with van der Waals surface area (Å²) in [5.41, 5.74) is 5.81. The minimum Gasteiger partial charge on any atom is -0.383 e. The van der Waals surface area contributed by atoms with Crippen molar-refractivity contribution in [2.45, 2.75) is 23.6 Å². The number of nitrogens with two attached hydrogens (primary N) is 1. The molecule has 106 valence electrons. The molecule has 0 heterocycles. The molecule has 1 saturated carbocycles. The molecule has 0 aromatic heterocycles. The Bertz CT molecular complexity index is 575. The lowest BCUT2D eigenvalue weighted by atomic mass is 10.1. The van der Waals surface area contributed by atoms with Crippen molar-refractivity contribution in [2.24, 2.45) is 5.73 Å². The maximum absolute atomic E-state index is 13.3. The first-order valence-electron chi connectivity index (χ1n) is 6.11. The summed E-state index contributed by atoms with van der Waals surface area (Å²) in [4.78, 5) is 0. The molecule has 6 heteroatoms. The predicted molar refractivity (Wildman–Crippen MR) is 71.2 cm³/mol. The van der Waals surface area contributed by atoms with Crippen LogP contribution in [0.25, 0.3) is 0 Å². The summed E-state index contributed by atoms with van der Waals surface area (Å²) in [5, 5.41) is -0.702. The second-order valence-electron chi connectivity index (χ2n) is 4.95. The van der Waals surface area contributed by atoms with Gasteiger partial charge in [0.05, 0.1) is 17.4 Å².